The number of carbonyl (C=O) groups is 2. The third-order valence-corrected chi connectivity index (χ3v) is 4.32. The lowest BCUT2D eigenvalue weighted by molar-refractivity contribution is -0.133. The highest BCUT2D eigenvalue weighted by molar-refractivity contribution is 6.30. The van der Waals surface area contributed by atoms with Crippen LogP contribution in [0, 0.1) is 11.8 Å². The van der Waals surface area contributed by atoms with Crippen molar-refractivity contribution < 1.29 is 9.59 Å². The molecule has 21 heavy (non-hydrogen) atoms. The van der Waals surface area contributed by atoms with Gasteiger partial charge in [-0.05, 0) is 30.0 Å². The van der Waals surface area contributed by atoms with E-state index in [2.05, 4.69) is 0 Å². The molecular formula is C16H21ClN2O2. The summed E-state index contributed by atoms with van der Waals surface area (Å²) in [5.41, 5.74) is 6.29. The zero-order valence-corrected chi connectivity index (χ0v) is 13.1. The van der Waals surface area contributed by atoms with Gasteiger partial charge in [0.25, 0.3) is 0 Å². The molecule has 2 N–H and O–H groups in total. The van der Waals surface area contributed by atoms with E-state index in [1.165, 1.54) is 0 Å². The third-order valence-electron chi connectivity index (χ3n) is 4.06. The fraction of sp³-hybridized carbons (Fsp3) is 0.500. The normalized spacial score (nSPS) is 19.8. The number of hydrogen-bond acceptors (Lipinski definition) is 2. The molecule has 1 aliphatic rings. The molecule has 1 heterocycles. The molecular weight excluding hydrogens is 288 g/mol. The summed E-state index contributed by atoms with van der Waals surface area (Å²) in [6.45, 7) is 5.09. The number of rotatable bonds is 4. The molecule has 1 aromatic carbocycles. The number of halogens is 1. The third kappa shape index (κ3) is 3.56. The molecule has 0 radical (unpaired) electrons. The van der Waals surface area contributed by atoms with Gasteiger partial charge in [-0.1, -0.05) is 37.6 Å². The van der Waals surface area contributed by atoms with E-state index in [0.29, 0.717) is 24.5 Å². The van der Waals surface area contributed by atoms with Crippen LogP contribution in [-0.4, -0.2) is 29.8 Å². The molecule has 0 aliphatic carbocycles. The Morgan fingerprint density at radius 3 is 2.38 bits per heavy atom. The molecule has 0 spiro atoms. The van der Waals surface area contributed by atoms with E-state index in [-0.39, 0.29) is 29.6 Å². The molecule has 114 valence electrons. The lowest BCUT2D eigenvalue weighted by Crippen LogP contribution is -2.36. The highest BCUT2D eigenvalue weighted by Crippen LogP contribution is 2.30. The quantitative estimate of drug-likeness (QED) is 0.928. The van der Waals surface area contributed by atoms with Gasteiger partial charge in [-0.3, -0.25) is 9.59 Å². The van der Waals surface area contributed by atoms with Crippen LogP contribution < -0.4 is 5.73 Å². The molecule has 2 rings (SSSR count). The number of carbonyl (C=O) groups excluding carboxylic acids is 2. The summed E-state index contributed by atoms with van der Waals surface area (Å²) >= 11 is 5.91. The largest absolute Gasteiger partial charge is 0.369 e. The molecule has 1 fully saturated rings. The number of hydrogen-bond donors (Lipinski definition) is 1. The van der Waals surface area contributed by atoms with Crippen molar-refractivity contribution in [3.63, 3.8) is 0 Å². The maximum absolute atomic E-state index is 12.8. The van der Waals surface area contributed by atoms with Crippen LogP contribution in [0.15, 0.2) is 24.3 Å². The first-order chi connectivity index (χ1) is 9.90. The Morgan fingerprint density at radius 1 is 1.29 bits per heavy atom. The van der Waals surface area contributed by atoms with Gasteiger partial charge < -0.3 is 10.6 Å². The molecule has 2 atom stereocenters. The Morgan fingerprint density at radius 2 is 1.90 bits per heavy atom. The molecule has 0 bridgehead atoms. The van der Waals surface area contributed by atoms with Gasteiger partial charge in [-0.2, -0.15) is 0 Å². The summed E-state index contributed by atoms with van der Waals surface area (Å²) in [6.07, 6.45) is 0.659. The first kappa shape index (κ1) is 15.8. The van der Waals surface area contributed by atoms with Gasteiger partial charge in [0.2, 0.25) is 11.8 Å². The van der Waals surface area contributed by atoms with Crippen LogP contribution in [0.25, 0.3) is 0 Å². The van der Waals surface area contributed by atoms with Crippen molar-refractivity contribution >= 4 is 23.4 Å². The van der Waals surface area contributed by atoms with Crippen molar-refractivity contribution in [2.75, 3.05) is 13.1 Å². The van der Waals surface area contributed by atoms with Gasteiger partial charge in [0, 0.05) is 18.1 Å². The summed E-state index contributed by atoms with van der Waals surface area (Å²) in [5, 5.41) is 0.656. The number of amides is 2. The van der Waals surface area contributed by atoms with Crippen LogP contribution in [0.1, 0.15) is 31.7 Å². The topological polar surface area (TPSA) is 63.4 Å². The molecule has 5 heteroatoms. The van der Waals surface area contributed by atoms with E-state index in [1.54, 1.807) is 17.0 Å². The van der Waals surface area contributed by atoms with Crippen molar-refractivity contribution in [1.82, 2.24) is 4.90 Å². The van der Waals surface area contributed by atoms with Crippen molar-refractivity contribution in [2.24, 2.45) is 17.6 Å². The molecule has 1 aromatic rings. The van der Waals surface area contributed by atoms with Crippen molar-refractivity contribution in [1.29, 1.82) is 0 Å². The maximum Gasteiger partial charge on any atom is 0.230 e. The van der Waals surface area contributed by atoms with Crippen LogP contribution in [0.2, 0.25) is 5.02 Å². The monoisotopic (exact) mass is 308 g/mol. The fourth-order valence-corrected chi connectivity index (χ4v) is 3.00. The van der Waals surface area contributed by atoms with Gasteiger partial charge in [-0.15, -0.1) is 0 Å². The van der Waals surface area contributed by atoms with E-state index in [1.807, 2.05) is 26.0 Å². The van der Waals surface area contributed by atoms with Crippen LogP contribution in [-0.2, 0) is 9.59 Å². The predicted octanol–water partition coefficient (Wildman–Crippen LogP) is 2.41. The molecule has 1 saturated heterocycles. The summed E-state index contributed by atoms with van der Waals surface area (Å²) in [4.78, 5) is 25.8. The first-order valence-corrected chi connectivity index (χ1v) is 7.61. The van der Waals surface area contributed by atoms with E-state index >= 15 is 0 Å². The second kappa shape index (κ2) is 6.48. The SMILES string of the molecule is CC(C)C(C(=O)N1CCC(C(N)=O)C1)c1ccc(Cl)cc1. The molecule has 2 unspecified atom stereocenters. The van der Waals surface area contributed by atoms with E-state index in [9.17, 15) is 9.59 Å². The smallest absolute Gasteiger partial charge is 0.230 e. The second-order valence-electron chi connectivity index (χ2n) is 5.95. The van der Waals surface area contributed by atoms with E-state index in [0.717, 1.165) is 5.56 Å². The number of nitrogens with zero attached hydrogens (tertiary/aromatic N) is 1. The lowest BCUT2D eigenvalue weighted by atomic mass is 9.87. The minimum Gasteiger partial charge on any atom is -0.369 e. The zero-order valence-electron chi connectivity index (χ0n) is 12.4. The molecule has 0 aromatic heterocycles. The number of benzene rings is 1. The Bertz CT molecular complexity index is 528. The summed E-state index contributed by atoms with van der Waals surface area (Å²) in [5.74, 6) is -0.513. The van der Waals surface area contributed by atoms with Crippen LogP contribution >= 0.6 is 11.6 Å². The Hall–Kier alpha value is -1.55. The Labute approximate surface area is 130 Å². The van der Waals surface area contributed by atoms with Gasteiger partial charge in [0.05, 0.1) is 11.8 Å². The Kier molecular flexibility index (Phi) is 4.88. The van der Waals surface area contributed by atoms with E-state index in [4.69, 9.17) is 17.3 Å². The van der Waals surface area contributed by atoms with Crippen LogP contribution in [0.4, 0.5) is 0 Å². The minimum absolute atomic E-state index is 0.0658. The van der Waals surface area contributed by atoms with Crippen molar-refractivity contribution in [2.45, 2.75) is 26.2 Å². The fourth-order valence-electron chi connectivity index (χ4n) is 2.87. The van der Waals surface area contributed by atoms with Crippen LogP contribution in [0.5, 0.6) is 0 Å². The van der Waals surface area contributed by atoms with E-state index < -0.39 is 0 Å². The summed E-state index contributed by atoms with van der Waals surface area (Å²) in [6, 6.07) is 7.39. The summed E-state index contributed by atoms with van der Waals surface area (Å²) in [7, 11) is 0. The summed E-state index contributed by atoms with van der Waals surface area (Å²) < 4.78 is 0. The average molecular weight is 309 g/mol. The molecule has 1 aliphatic heterocycles. The maximum atomic E-state index is 12.8. The second-order valence-corrected chi connectivity index (χ2v) is 6.38. The predicted molar refractivity (Wildman–Crippen MR) is 82.9 cm³/mol. The minimum atomic E-state index is -0.321. The van der Waals surface area contributed by atoms with Gasteiger partial charge in [0.15, 0.2) is 0 Å². The van der Waals surface area contributed by atoms with Crippen molar-refractivity contribution in [3.05, 3.63) is 34.9 Å². The van der Waals surface area contributed by atoms with Crippen molar-refractivity contribution in [3.8, 4) is 0 Å². The number of primary amides is 1. The Balaban J connectivity index is 2.17. The molecule has 4 nitrogen and oxygen atoms in total. The highest BCUT2D eigenvalue weighted by atomic mass is 35.5. The molecule has 2 amide bonds. The highest BCUT2D eigenvalue weighted by Gasteiger charge is 2.34. The molecule has 0 saturated carbocycles. The first-order valence-electron chi connectivity index (χ1n) is 7.23. The zero-order chi connectivity index (χ0) is 15.6. The standard InChI is InChI=1S/C16H21ClN2O2/c1-10(2)14(11-3-5-13(17)6-4-11)16(21)19-8-7-12(9-19)15(18)20/h3-6,10,12,14H,7-9H2,1-2H3,(H2,18,20). The van der Waals surface area contributed by atoms with Crippen LogP contribution in [0.3, 0.4) is 0 Å². The van der Waals surface area contributed by atoms with Gasteiger partial charge in [0.1, 0.15) is 0 Å². The lowest BCUT2D eigenvalue weighted by Gasteiger charge is -2.26. The van der Waals surface area contributed by atoms with Gasteiger partial charge in [-0.25, -0.2) is 0 Å². The number of nitrogens with two attached hydrogens (primary N) is 1. The average Bonchev–Trinajstić information content (AvgIpc) is 2.90. The number of likely N-dealkylation sites (tertiary alicyclic amines) is 1. The van der Waals surface area contributed by atoms with Gasteiger partial charge >= 0.3 is 0 Å².